The van der Waals surface area contributed by atoms with Gasteiger partial charge in [-0.1, -0.05) is 60.6 Å². The largest absolute Gasteiger partial charge is 0.312 e. The van der Waals surface area contributed by atoms with Crippen molar-refractivity contribution in [2.45, 2.75) is 132 Å². The summed E-state index contributed by atoms with van der Waals surface area (Å²) in [5.74, 6) is 0.0856. The summed E-state index contributed by atoms with van der Waals surface area (Å²) in [6.07, 6.45) is 5.11. The Hall–Kier alpha value is -1.01. The van der Waals surface area contributed by atoms with Gasteiger partial charge < -0.3 is 10.4 Å². The second-order valence-corrected chi connectivity index (χ2v) is 12.5. The SMILES string of the molecule is CC.CC(C)(C)CC1=CC(C)(C)N(O)C1(C)C.CC(C)C(=O)C1=CC(C)(C)N(O)C1(C)C. The molecule has 2 heterocycles. The Balaban J connectivity index is 0.000000557. The molecule has 0 fully saturated rings. The van der Waals surface area contributed by atoms with Gasteiger partial charge in [0.25, 0.3) is 0 Å². The third-order valence-corrected chi connectivity index (χ3v) is 6.13. The minimum Gasteiger partial charge on any atom is -0.312 e. The van der Waals surface area contributed by atoms with Crippen LogP contribution in [0.3, 0.4) is 0 Å². The summed E-state index contributed by atoms with van der Waals surface area (Å²) in [7, 11) is 0. The lowest BCUT2D eigenvalue weighted by atomic mass is 9.81. The van der Waals surface area contributed by atoms with Crippen LogP contribution in [-0.2, 0) is 4.79 Å². The van der Waals surface area contributed by atoms with Crippen LogP contribution in [0.1, 0.15) is 110 Å². The van der Waals surface area contributed by atoms with Crippen LogP contribution in [-0.4, -0.2) is 48.5 Å². The van der Waals surface area contributed by atoms with E-state index in [9.17, 15) is 15.2 Å². The lowest BCUT2D eigenvalue weighted by Gasteiger charge is -2.37. The first-order chi connectivity index (χ1) is 14.1. The van der Waals surface area contributed by atoms with Crippen LogP contribution >= 0.6 is 0 Å². The van der Waals surface area contributed by atoms with Gasteiger partial charge in [-0.15, -0.1) is 0 Å². The molecule has 0 aliphatic carbocycles. The Kier molecular flexibility index (Phi) is 9.77. The predicted octanol–water partition coefficient (Wildman–Crippen LogP) is 7.04. The summed E-state index contributed by atoms with van der Waals surface area (Å²) in [5.41, 5.74) is 0.770. The highest BCUT2D eigenvalue weighted by Gasteiger charge is 2.48. The molecule has 0 saturated carbocycles. The van der Waals surface area contributed by atoms with E-state index in [1.54, 1.807) is 0 Å². The molecule has 2 aliphatic heterocycles. The van der Waals surface area contributed by atoms with Crippen molar-refractivity contribution in [1.29, 1.82) is 0 Å². The number of Topliss-reactive ketones (excluding diaryl/α,β-unsaturated/α-hetero) is 1. The van der Waals surface area contributed by atoms with Crippen molar-refractivity contribution in [3.63, 3.8) is 0 Å². The summed E-state index contributed by atoms with van der Waals surface area (Å²) in [6, 6.07) is 0. The summed E-state index contributed by atoms with van der Waals surface area (Å²) in [4.78, 5) is 12.0. The number of nitrogens with zero attached hydrogens (tertiary/aromatic N) is 2. The van der Waals surface area contributed by atoms with Gasteiger partial charge >= 0.3 is 0 Å². The Morgan fingerprint density at radius 3 is 1.47 bits per heavy atom. The molecular formula is C27H52N2O3. The summed E-state index contributed by atoms with van der Waals surface area (Å²) < 4.78 is 0. The quantitative estimate of drug-likeness (QED) is 0.450. The standard InChI is InChI=1S/C13H25NO.C12H21NO2.C2H6/c1-11(2,3)8-10-9-12(4,5)14(15)13(10,6)7;1-8(2)10(14)9-7-11(3,4)13(15)12(9,5)6;1-2/h9,15H,8H2,1-7H3;7-8,15H,1-6H3;1-2H3. The van der Waals surface area contributed by atoms with E-state index in [0.717, 1.165) is 6.42 Å². The lowest BCUT2D eigenvalue weighted by molar-refractivity contribution is -0.186. The number of ketones is 1. The molecule has 188 valence electrons. The van der Waals surface area contributed by atoms with E-state index in [1.807, 2.05) is 75.3 Å². The zero-order chi connectivity index (χ0) is 26.1. The number of hydrogen-bond donors (Lipinski definition) is 2. The molecule has 0 amide bonds. The Labute approximate surface area is 198 Å². The molecule has 0 spiro atoms. The van der Waals surface area contributed by atoms with Gasteiger partial charge in [0.05, 0.1) is 22.2 Å². The van der Waals surface area contributed by atoms with E-state index in [-0.39, 0.29) is 28.2 Å². The van der Waals surface area contributed by atoms with Crippen LogP contribution in [0.5, 0.6) is 0 Å². The van der Waals surface area contributed by atoms with E-state index in [2.05, 4.69) is 40.7 Å². The fourth-order valence-corrected chi connectivity index (χ4v) is 4.47. The summed E-state index contributed by atoms with van der Waals surface area (Å²) >= 11 is 0. The molecule has 2 aliphatic rings. The Morgan fingerprint density at radius 1 is 0.844 bits per heavy atom. The number of hydrogen-bond acceptors (Lipinski definition) is 5. The molecule has 0 aromatic rings. The molecule has 32 heavy (non-hydrogen) atoms. The average molecular weight is 453 g/mol. The number of rotatable bonds is 3. The maximum atomic E-state index is 12.0. The monoisotopic (exact) mass is 452 g/mol. The van der Waals surface area contributed by atoms with Gasteiger partial charge in [0.1, 0.15) is 0 Å². The van der Waals surface area contributed by atoms with Crippen molar-refractivity contribution in [1.82, 2.24) is 10.1 Å². The molecular weight excluding hydrogens is 400 g/mol. The third-order valence-electron chi connectivity index (χ3n) is 6.13. The first-order valence-electron chi connectivity index (χ1n) is 12.1. The third kappa shape index (κ3) is 6.75. The lowest BCUT2D eigenvalue weighted by Crippen LogP contribution is -2.48. The molecule has 0 radical (unpaired) electrons. The Morgan fingerprint density at radius 2 is 1.22 bits per heavy atom. The highest BCUT2D eigenvalue weighted by atomic mass is 16.5. The summed E-state index contributed by atoms with van der Waals surface area (Å²) in [5, 5.41) is 22.9. The van der Waals surface area contributed by atoms with E-state index >= 15 is 0 Å². The maximum absolute atomic E-state index is 12.0. The van der Waals surface area contributed by atoms with Gasteiger partial charge in [-0.25, -0.2) is 0 Å². The Bertz CT molecular complexity index is 720. The molecule has 2 rings (SSSR count). The van der Waals surface area contributed by atoms with Crippen LogP contribution in [0.15, 0.2) is 23.3 Å². The smallest absolute Gasteiger partial charge is 0.163 e. The van der Waals surface area contributed by atoms with E-state index in [1.165, 1.54) is 15.7 Å². The minimum atomic E-state index is -0.592. The second-order valence-electron chi connectivity index (χ2n) is 12.5. The molecule has 2 N–H and O–H groups in total. The van der Waals surface area contributed by atoms with Crippen molar-refractivity contribution < 1.29 is 15.2 Å². The molecule has 5 heteroatoms. The predicted molar refractivity (Wildman–Crippen MR) is 135 cm³/mol. The first kappa shape index (κ1) is 31.0. The van der Waals surface area contributed by atoms with Crippen molar-refractivity contribution in [2.75, 3.05) is 0 Å². The van der Waals surface area contributed by atoms with Gasteiger partial charge in [-0.2, -0.15) is 10.1 Å². The van der Waals surface area contributed by atoms with Gasteiger partial charge in [-0.3, -0.25) is 4.79 Å². The van der Waals surface area contributed by atoms with Crippen molar-refractivity contribution >= 4 is 5.78 Å². The molecule has 5 nitrogen and oxygen atoms in total. The number of hydroxylamine groups is 4. The topological polar surface area (TPSA) is 64.0 Å². The summed E-state index contributed by atoms with van der Waals surface area (Å²) in [6.45, 7) is 30.3. The maximum Gasteiger partial charge on any atom is 0.163 e. The van der Waals surface area contributed by atoms with Crippen LogP contribution in [0.25, 0.3) is 0 Å². The molecule has 0 saturated heterocycles. The van der Waals surface area contributed by atoms with E-state index in [4.69, 9.17) is 0 Å². The van der Waals surface area contributed by atoms with Crippen molar-refractivity contribution in [3.05, 3.63) is 23.3 Å². The number of carbonyl (C=O) groups excluding carboxylic acids is 1. The minimum absolute atomic E-state index is 0.0298. The highest BCUT2D eigenvalue weighted by molar-refractivity contribution is 5.99. The van der Waals surface area contributed by atoms with Gasteiger partial charge in [0.15, 0.2) is 5.78 Å². The van der Waals surface area contributed by atoms with Crippen LogP contribution in [0.2, 0.25) is 0 Å². The van der Waals surface area contributed by atoms with Crippen molar-refractivity contribution in [2.24, 2.45) is 11.3 Å². The second kappa shape index (κ2) is 10.1. The van der Waals surface area contributed by atoms with Crippen LogP contribution in [0, 0.1) is 11.3 Å². The zero-order valence-electron chi connectivity index (χ0n) is 23.6. The van der Waals surface area contributed by atoms with Gasteiger partial charge in [0.2, 0.25) is 0 Å². The average Bonchev–Trinajstić information content (AvgIpc) is 2.88. The van der Waals surface area contributed by atoms with Crippen molar-refractivity contribution in [3.8, 4) is 0 Å². The van der Waals surface area contributed by atoms with Gasteiger partial charge in [0, 0.05) is 11.5 Å². The molecule has 0 aromatic heterocycles. The van der Waals surface area contributed by atoms with E-state index in [0.29, 0.717) is 5.57 Å². The molecule has 0 atom stereocenters. The van der Waals surface area contributed by atoms with Crippen LogP contribution in [0.4, 0.5) is 0 Å². The highest BCUT2D eigenvalue weighted by Crippen LogP contribution is 2.43. The fraction of sp³-hybridized carbons (Fsp3) is 0.815. The molecule has 0 unspecified atom stereocenters. The zero-order valence-corrected chi connectivity index (χ0v) is 23.6. The molecule has 0 bridgehead atoms. The molecule has 0 aromatic carbocycles. The van der Waals surface area contributed by atoms with E-state index < -0.39 is 11.1 Å². The normalized spacial score (nSPS) is 23.6. The number of carbonyl (C=O) groups is 1. The fourth-order valence-electron chi connectivity index (χ4n) is 4.47. The van der Waals surface area contributed by atoms with Crippen LogP contribution < -0.4 is 0 Å². The van der Waals surface area contributed by atoms with Gasteiger partial charge in [-0.05, 0) is 72.8 Å². The first-order valence-corrected chi connectivity index (χ1v) is 12.1.